The van der Waals surface area contributed by atoms with Crippen LogP contribution in [0, 0.1) is 11.3 Å². The third kappa shape index (κ3) is 2.29. The van der Waals surface area contributed by atoms with Crippen molar-refractivity contribution in [2.24, 2.45) is 11.3 Å². The van der Waals surface area contributed by atoms with Gasteiger partial charge in [0.25, 0.3) is 0 Å². The molecule has 104 valence electrons. The summed E-state index contributed by atoms with van der Waals surface area (Å²) in [6.07, 6.45) is 5.07. The molecule has 18 heavy (non-hydrogen) atoms. The fourth-order valence-electron chi connectivity index (χ4n) is 3.88. The first-order chi connectivity index (χ1) is 8.25. The number of rotatable bonds is 3. The van der Waals surface area contributed by atoms with E-state index in [9.17, 15) is 13.2 Å². The lowest BCUT2D eigenvalue weighted by Gasteiger charge is -2.35. The quantitative estimate of drug-likeness (QED) is 0.847. The van der Waals surface area contributed by atoms with Gasteiger partial charge in [-0.25, -0.2) is 8.42 Å². The van der Waals surface area contributed by atoms with E-state index in [1.54, 1.807) is 0 Å². The minimum absolute atomic E-state index is 0.0243. The van der Waals surface area contributed by atoms with E-state index in [0.29, 0.717) is 18.8 Å². The van der Waals surface area contributed by atoms with Crippen molar-refractivity contribution >= 4 is 15.7 Å². The molecule has 4 nitrogen and oxygen atoms in total. The molecule has 5 heteroatoms. The van der Waals surface area contributed by atoms with Crippen LogP contribution >= 0.6 is 0 Å². The van der Waals surface area contributed by atoms with Gasteiger partial charge in [-0.2, -0.15) is 0 Å². The Morgan fingerprint density at radius 2 is 2.11 bits per heavy atom. The monoisotopic (exact) mass is 273 g/mol. The molecule has 1 aliphatic heterocycles. The second kappa shape index (κ2) is 4.51. The molecule has 1 amide bonds. The lowest BCUT2D eigenvalue weighted by molar-refractivity contribution is -0.119. The first-order valence-electron chi connectivity index (χ1n) is 6.74. The van der Waals surface area contributed by atoms with Crippen LogP contribution in [0.2, 0.25) is 0 Å². The molecule has 2 rings (SSSR count). The van der Waals surface area contributed by atoms with Crippen molar-refractivity contribution in [2.45, 2.75) is 57.2 Å². The lowest BCUT2D eigenvalue weighted by Crippen LogP contribution is -2.45. The van der Waals surface area contributed by atoms with Crippen molar-refractivity contribution in [2.75, 3.05) is 6.26 Å². The number of hydrogen-bond donors (Lipinski definition) is 1. The van der Waals surface area contributed by atoms with Crippen LogP contribution in [0.5, 0.6) is 0 Å². The molecule has 0 aromatic carbocycles. The minimum atomic E-state index is -3.08. The van der Waals surface area contributed by atoms with Crippen molar-refractivity contribution in [1.29, 1.82) is 0 Å². The topological polar surface area (TPSA) is 63.2 Å². The molecule has 1 aliphatic carbocycles. The van der Waals surface area contributed by atoms with Crippen molar-refractivity contribution in [3.63, 3.8) is 0 Å². The number of hydrogen-bond acceptors (Lipinski definition) is 3. The zero-order valence-corrected chi connectivity index (χ0v) is 12.2. The molecule has 1 spiro atoms. The number of amides is 1. The first kappa shape index (κ1) is 13.8. The molecule has 0 aromatic rings. The highest BCUT2D eigenvalue weighted by atomic mass is 32.2. The Hall–Kier alpha value is -0.580. The molecule has 1 N–H and O–H groups in total. The van der Waals surface area contributed by atoms with Crippen molar-refractivity contribution in [1.82, 2.24) is 5.32 Å². The zero-order chi connectivity index (χ0) is 13.6. The van der Waals surface area contributed by atoms with E-state index in [1.807, 2.05) is 0 Å². The smallest absolute Gasteiger partial charge is 0.220 e. The predicted octanol–water partition coefficient (Wildman–Crippen LogP) is 1.50. The summed E-state index contributed by atoms with van der Waals surface area (Å²) in [4.78, 5) is 11.8. The number of carbonyl (C=O) groups is 1. The molecule has 1 saturated heterocycles. The zero-order valence-electron chi connectivity index (χ0n) is 11.4. The van der Waals surface area contributed by atoms with Crippen molar-refractivity contribution in [3.05, 3.63) is 0 Å². The third-order valence-electron chi connectivity index (χ3n) is 4.49. The summed E-state index contributed by atoms with van der Waals surface area (Å²) < 4.78 is 24.0. The summed E-state index contributed by atoms with van der Waals surface area (Å²) >= 11 is 0. The summed E-state index contributed by atoms with van der Waals surface area (Å²) in [7, 11) is -3.08. The Kier molecular flexibility index (Phi) is 3.47. The largest absolute Gasteiger partial charge is 0.353 e. The maximum Gasteiger partial charge on any atom is 0.220 e. The molecule has 2 fully saturated rings. The maximum absolute atomic E-state index is 12.0. The minimum Gasteiger partial charge on any atom is -0.353 e. The van der Waals surface area contributed by atoms with Crippen LogP contribution in [-0.4, -0.2) is 31.9 Å². The molecule has 1 heterocycles. The average Bonchev–Trinajstić information content (AvgIpc) is 2.71. The molecule has 0 bridgehead atoms. The van der Waals surface area contributed by atoms with E-state index in [2.05, 4.69) is 19.2 Å². The van der Waals surface area contributed by atoms with Crippen LogP contribution in [0.15, 0.2) is 0 Å². The van der Waals surface area contributed by atoms with Gasteiger partial charge in [-0.3, -0.25) is 4.79 Å². The fourth-order valence-corrected chi connectivity index (χ4v) is 5.70. The molecule has 3 unspecified atom stereocenters. The second-order valence-electron chi connectivity index (χ2n) is 6.37. The number of sulfone groups is 1. The van der Waals surface area contributed by atoms with Gasteiger partial charge in [-0.05, 0) is 25.2 Å². The average molecular weight is 273 g/mol. The highest BCUT2D eigenvalue weighted by Crippen LogP contribution is 2.51. The van der Waals surface area contributed by atoms with E-state index >= 15 is 0 Å². The van der Waals surface area contributed by atoms with Gasteiger partial charge in [0.05, 0.1) is 5.25 Å². The Morgan fingerprint density at radius 3 is 2.67 bits per heavy atom. The highest BCUT2D eigenvalue weighted by molar-refractivity contribution is 7.91. The van der Waals surface area contributed by atoms with E-state index in [4.69, 9.17) is 0 Å². The van der Waals surface area contributed by atoms with Crippen LogP contribution in [0.3, 0.4) is 0 Å². The summed E-state index contributed by atoms with van der Waals surface area (Å²) in [5, 5.41) is 2.68. The van der Waals surface area contributed by atoms with E-state index in [1.165, 1.54) is 6.26 Å². The van der Waals surface area contributed by atoms with Crippen LogP contribution in [0.4, 0.5) is 0 Å². The van der Waals surface area contributed by atoms with Crippen molar-refractivity contribution < 1.29 is 13.2 Å². The standard InChI is InChI=1S/C13H23NO3S/c1-9(2)7-10-13(8-12(15)14-10)6-4-5-11(13)18(3,16)17/h9-11H,4-8H2,1-3H3,(H,14,15). The van der Waals surface area contributed by atoms with Gasteiger partial charge in [0.15, 0.2) is 9.84 Å². The van der Waals surface area contributed by atoms with Gasteiger partial charge in [-0.15, -0.1) is 0 Å². The van der Waals surface area contributed by atoms with E-state index in [0.717, 1.165) is 19.3 Å². The number of carbonyl (C=O) groups excluding carboxylic acids is 1. The Labute approximate surface area is 109 Å². The molecule has 1 saturated carbocycles. The van der Waals surface area contributed by atoms with Gasteiger partial charge in [0.1, 0.15) is 0 Å². The third-order valence-corrected chi connectivity index (χ3v) is 6.23. The van der Waals surface area contributed by atoms with Crippen LogP contribution in [-0.2, 0) is 14.6 Å². The molecule has 0 aromatic heterocycles. The SMILES string of the molecule is CC(C)CC1NC(=O)CC12CCCC2S(C)(=O)=O. The lowest BCUT2D eigenvalue weighted by atomic mass is 9.75. The summed E-state index contributed by atoms with van der Waals surface area (Å²) in [6, 6.07) is 0.0345. The summed E-state index contributed by atoms with van der Waals surface area (Å²) in [6.45, 7) is 4.23. The van der Waals surface area contributed by atoms with E-state index in [-0.39, 0.29) is 22.6 Å². The van der Waals surface area contributed by atoms with Gasteiger partial charge < -0.3 is 5.32 Å². The molecular weight excluding hydrogens is 250 g/mol. The van der Waals surface area contributed by atoms with Gasteiger partial charge in [-0.1, -0.05) is 20.3 Å². The first-order valence-corrected chi connectivity index (χ1v) is 8.69. The second-order valence-corrected chi connectivity index (χ2v) is 8.60. The molecule has 3 atom stereocenters. The van der Waals surface area contributed by atoms with Crippen LogP contribution < -0.4 is 5.32 Å². The Bertz CT molecular complexity index is 443. The van der Waals surface area contributed by atoms with Gasteiger partial charge in [0, 0.05) is 24.1 Å². The molecular formula is C13H23NO3S. The summed E-state index contributed by atoms with van der Waals surface area (Å²) in [5.74, 6) is 0.488. The molecule has 0 radical (unpaired) electrons. The van der Waals surface area contributed by atoms with Gasteiger partial charge >= 0.3 is 0 Å². The highest BCUT2D eigenvalue weighted by Gasteiger charge is 2.57. The summed E-state index contributed by atoms with van der Waals surface area (Å²) in [5.41, 5.74) is -0.338. The maximum atomic E-state index is 12.0. The van der Waals surface area contributed by atoms with Crippen LogP contribution in [0.1, 0.15) is 46.0 Å². The van der Waals surface area contributed by atoms with Crippen LogP contribution in [0.25, 0.3) is 0 Å². The Morgan fingerprint density at radius 1 is 1.44 bits per heavy atom. The van der Waals surface area contributed by atoms with E-state index < -0.39 is 9.84 Å². The Balaban J connectivity index is 2.34. The van der Waals surface area contributed by atoms with Gasteiger partial charge in [0.2, 0.25) is 5.91 Å². The number of nitrogens with one attached hydrogen (secondary N) is 1. The fraction of sp³-hybridized carbons (Fsp3) is 0.923. The normalized spacial score (nSPS) is 36.6. The predicted molar refractivity (Wildman–Crippen MR) is 70.9 cm³/mol. The molecule has 2 aliphatic rings. The van der Waals surface area contributed by atoms with Crippen molar-refractivity contribution in [3.8, 4) is 0 Å².